The third-order valence-electron chi connectivity index (χ3n) is 4.66. The predicted molar refractivity (Wildman–Crippen MR) is 107 cm³/mol. The van der Waals surface area contributed by atoms with Gasteiger partial charge in [0.1, 0.15) is 11.3 Å². The number of para-hydroxylation sites is 1. The van der Waals surface area contributed by atoms with Crippen LogP contribution in [0.1, 0.15) is 29.0 Å². The van der Waals surface area contributed by atoms with E-state index in [4.69, 9.17) is 13.9 Å². The number of carbonyl (C=O) groups excluding carboxylic acids is 1. The quantitative estimate of drug-likeness (QED) is 0.492. The lowest BCUT2D eigenvalue weighted by molar-refractivity contribution is -0.151. The summed E-state index contributed by atoms with van der Waals surface area (Å²) < 4.78 is 16.8. The molecule has 1 aliphatic rings. The van der Waals surface area contributed by atoms with Crippen LogP contribution in [0.4, 0.5) is 5.13 Å². The highest BCUT2D eigenvalue weighted by Gasteiger charge is 2.46. The Labute approximate surface area is 165 Å². The van der Waals surface area contributed by atoms with Crippen LogP contribution >= 0.6 is 11.3 Å². The van der Waals surface area contributed by atoms with Gasteiger partial charge in [-0.1, -0.05) is 12.1 Å². The van der Waals surface area contributed by atoms with Gasteiger partial charge in [-0.05, 0) is 26.0 Å². The molecule has 0 N–H and O–H groups in total. The first kappa shape index (κ1) is 18.5. The van der Waals surface area contributed by atoms with Crippen LogP contribution in [0.15, 0.2) is 33.5 Å². The van der Waals surface area contributed by atoms with Gasteiger partial charge in [-0.25, -0.2) is 14.6 Å². The lowest BCUT2D eigenvalue weighted by Crippen LogP contribution is -2.32. The molecular formula is C20H20N2O5S. The fourth-order valence-electron chi connectivity index (χ4n) is 3.43. The van der Waals surface area contributed by atoms with Crippen LogP contribution in [-0.2, 0) is 9.53 Å². The predicted octanol–water partition coefficient (Wildman–Crippen LogP) is 3.08. The maximum absolute atomic E-state index is 12.9. The van der Waals surface area contributed by atoms with Crippen molar-refractivity contribution in [2.45, 2.75) is 25.9 Å². The average molecular weight is 400 g/mol. The zero-order chi connectivity index (χ0) is 20.0. The topological polar surface area (TPSA) is 81.9 Å². The summed E-state index contributed by atoms with van der Waals surface area (Å²) in [4.78, 5) is 32.8. The molecule has 2 atom stereocenters. The third-order valence-corrected chi connectivity index (χ3v) is 6.07. The van der Waals surface area contributed by atoms with Gasteiger partial charge in [0.2, 0.25) is 6.10 Å². The molecule has 2 aromatic heterocycles. The Kier molecular flexibility index (Phi) is 4.58. The van der Waals surface area contributed by atoms with Crippen LogP contribution in [0.5, 0.6) is 5.75 Å². The summed E-state index contributed by atoms with van der Waals surface area (Å²) in [5.74, 6) is -0.749. The largest absolute Gasteiger partial charge is 0.476 e. The van der Waals surface area contributed by atoms with Crippen molar-refractivity contribution in [1.29, 1.82) is 0 Å². The molecule has 1 aliphatic heterocycles. The molecule has 28 heavy (non-hydrogen) atoms. The van der Waals surface area contributed by atoms with E-state index in [0.717, 1.165) is 15.7 Å². The lowest BCUT2D eigenvalue weighted by Gasteiger charge is -2.16. The van der Waals surface area contributed by atoms with Crippen molar-refractivity contribution < 1.29 is 18.7 Å². The summed E-state index contributed by atoms with van der Waals surface area (Å²) in [5, 5.41) is 1.44. The van der Waals surface area contributed by atoms with E-state index < -0.39 is 23.6 Å². The Morgan fingerprint density at radius 1 is 1.32 bits per heavy atom. The second kappa shape index (κ2) is 6.94. The number of carbonyl (C=O) groups is 1. The average Bonchev–Trinajstić information content (AvgIpc) is 3.23. The van der Waals surface area contributed by atoms with E-state index in [0.29, 0.717) is 22.3 Å². The number of hydrogen-bond donors (Lipinski definition) is 0. The molecule has 0 radical (unpaired) electrons. The smallest absolute Gasteiger partial charge is 0.348 e. The standard InChI is InChI=1S/C20H20N2O5S/c1-5-25-19(24)16-13(17-10(2)21-20(28-17)22(3)4)14-15(27-16)11-8-6-7-9-12(11)26-18(14)23/h6-9,13,16H,5H2,1-4H3. The van der Waals surface area contributed by atoms with E-state index in [1.54, 1.807) is 19.1 Å². The maximum atomic E-state index is 12.9. The molecule has 0 spiro atoms. The lowest BCUT2D eigenvalue weighted by atomic mass is 9.93. The summed E-state index contributed by atoms with van der Waals surface area (Å²) in [7, 11) is 3.79. The minimum atomic E-state index is -0.960. The minimum Gasteiger partial charge on any atom is -0.476 e. The van der Waals surface area contributed by atoms with Gasteiger partial charge >= 0.3 is 11.6 Å². The zero-order valence-corrected chi connectivity index (χ0v) is 16.8. The van der Waals surface area contributed by atoms with Crippen molar-refractivity contribution in [2.75, 3.05) is 25.6 Å². The van der Waals surface area contributed by atoms with Gasteiger partial charge in [-0.3, -0.25) is 0 Å². The number of aryl methyl sites for hydroxylation is 1. The normalized spacial score (nSPS) is 18.0. The Bertz CT molecular complexity index is 1120. The fraction of sp³-hybridized carbons (Fsp3) is 0.350. The van der Waals surface area contributed by atoms with E-state index in [-0.39, 0.29) is 6.61 Å². The second-order valence-corrected chi connectivity index (χ2v) is 7.75. The molecule has 146 valence electrons. The molecule has 0 aliphatic carbocycles. The highest BCUT2D eigenvalue weighted by atomic mass is 32.1. The molecule has 0 bridgehead atoms. The molecule has 2 unspecified atom stereocenters. The number of thiazole rings is 1. The second-order valence-electron chi connectivity index (χ2n) is 6.74. The van der Waals surface area contributed by atoms with Gasteiger partial charge in [-0.2, -0.15) is 0 Å². The highest BCUT2D eigenvalue weighted by molar-refractivity contribution is 7.15. The Morgan fingerprint density at radius 2 is 2.07 bits per heavy atom. The molecule has 0 amide bonds. The molecule has 0 saturated carbocycles. The first-order valence-electron chi connectivity index (χ1n) is 8.96. The number of nitrogens with zero attached hydrogens (tertiary/aromatic N) is 2. The van der Waals surface area contributed by atoms with Crippen molar-refractivity contribution in [3.63, 3.8) is 0 Å². The van der Waals surface area contributed by atoms with Gasteiger partial charge < -0.3 is 18.8 Å². The molecule has 8 heteroatoms. The Balaban J connectivity index is 1.96. The van der Waals surface area contributed by atoms with Crippen molar-refractivity contribution in [3.8, 4) is 5.75 Å². The van der Waals surface area contributed by atoms with Crippen LogP contribution in [0.2, 0.25) is 0 Å². The van der Waals surface area contributed by atoms with E-state index in [9.17, 15) is 9.59 Å². The first-order valence-corrected chi connectivity index (χ1v) is 9.77. The van der Waals surface area contributed by atoms with Crippen LogP contribution in [0.25, 0.3) is 11.0 Å². The molecule has 3 aromatic rings. The Hall–Kier alpha value is -2.87. The minimum absolute atomic E-state index is 0.224. The number of fused-ring (bicyclic) bond motifs is 3. The van der Waals surface area contributed by atoms with Crippen LogP contribution in [0, 0.1) is 6.92 Å². The molecule has 4 rings (SSSR count). The third kappa shape index (κ3) is 2.84. The highest BCUT2D eigenvalue weighted by Crippen LogP contribution is 2.47. The molecule has 0 saturated heterocycles. The summed E-state index contributed by atoms with van der Waals surface area (Å²) in [6.45, 7) is 3.82. The van der Waals surface area contributed by atoms with Crippen molar-refractivity contribution in [1.82, 2.24) is 4.98 Å². The van der Waals surface area contributed by atoms with Crippen molar-refractivity contribution in [2.24, 2.45) is 0 Å². The van der Waals surface area contributed by atoms with Crippen LogP contribution < -0.4 is 15.3 Å². The van der Waals surface area contributed by atoms with Gasteiger partial charge in [0.15, 0.2) is 5.13 Å². The summed E-state index contributed by atoms with van der Waals surface area (Å²) in [5.41, 5.74) is 1.00. The number of esters is 1. The zero-order valence-electron chi connectivity index (χ0n) is 16.0. The monoisotopic (exact) mass is 400 g/mol. The molecule has 1 aromatic carbocycles. The molecule has 0 fully saturated rings. The number of rotatable bonds is 4. The van der Waals surface area contributed by atoms with E-state index in [2.05, 4.69) is 4.98 Å². The molecule has 7 nitrogen and oxygen atoms in total. The number of anilines is 1. The summed E-state index contributed by atoms with van der Waals surface area (Å²) in [6, 6.07) is 7.13. The first-order chi connectivity index (χ1) is 13.4. The van der Waals surface area contributed by atoms with Crippen LogP contribution in [0.3, 0.4) is 0 Å². The van der Waals surface area contributed by atoms with E-state index in [1.807, 2.05) is 38.1 Å². The fourth-order valence-corrected chi connectivity index (χ4v) is 4.55. The van der Waals surface area contributed by atoms with Crippen LogP contribution in [-0.4, -0.2) is 37.8 Å². The van der Waals surface area contributed by atoms with E-state index in [1.165, 1.54) is 11.3 Å². The number of ether oxygens (including phenoxy) is 2. The number of aromatic nitrogens is 1. The van der Waals surface area contributed by atoms with Gasteiger partial charge in [0.05, 0.1) is 29.2 Å². The van der Waals surface area contributed by atoms with Gasteiger partial charge in [0.25, 0.3) is 0 Å². The number of hydrogen-bond acceptors (Lipinski definition) is 8. The molecular weight excluding hydrogens is 380 g/mol. The van der Waals surface area contributed by atoms with E-state index >= 15 is 0 Å². The summed E-state index contributed by atoms with van der Waals surface area (Å²) >= 11 is 1.43. The van der Waals surface area contributed by atoms with Crippen molar-refractivity contribution in [3.05, 3.63) is 50.8 Å². The number of benzene rings is 1. The van der Waals surface area contributed by atoms with Gasteiger partial charge in [-0.15, -0.1) is 11.3 Å². The Morgan fingerprint density at radius 3 is 2.75 bits per heavy atom. The summed E-state index contributed by atoms with van der Waals surface area (Å²) in [6.07, 6.45) is -0.960. The van der Waals surface area contributed by atoms with Gasteiger partial charge in [0, 0.05) is 19.0 Å². The van der Waals surface area contributed by atoms with Crippen molar-refractivity contribution >= 4 is 33.4 Å². The maximum Gasteiger partial charge on any atom is 0.348 e. The SMILES string of the molecule is CCOC(=O)C1Oc2c(c(=O)oc3ccccc23)C1c1sc(N(C)C)nc1C. The molecule has 3 heterocycles.